The van der Waals surface area contributed by atoms with E-state index in [2.05, 4.69) is 30.5 Å². The minimum Gasteiger partial charge on any atom is -0.451 e. The summed E-state index contributed by atoms with van der Waals surface area (Å²) >= 11 is 1.43. The van der Waals surface area contributed by atoms with Gasteiger partial charge in [-0.15, -0.1) is 0 Å². The molecule has 0 atom stereocenters. The summed E-state index contributed by atoms with van der Waals surface area (Å²) in [6.07, 6.45) is 4.68. The number of carbonyl (C=O) groups excluding carboxylic acids is 1. The number of hydrogen-bond donors (Lipinski definition) is 2. The van der Waals surface area contributed by atoms with Gasteiger partial charge in [0.15, 0.2) is 10.9 Å². The van der Waals surface area contributed by atoms with Gasteiger partial charge in [-0.05, 0) is 12.1 Å². The monoisotopic (exact) mass is 352 g/mol. The van der Waals surface area contributed by atoms with E-state index in [0.717, 1.165) is 10.9 Å². The molecule has 0 saturated carbocycles. The van der Waals surface area contributed by atoms with Crippen molar-refractivity contribution in [3.8, 4) is 0 Å². The highest BCUT2D eigenvalue weighted by molar-refractivity contribution is 7.98. The number of amides is 1. The van der Waals surface area contributed by atoms with Crippen molar-refractivity contribution in [3.63, 3.8) is 0 Å². The zero-order chi connectivity index (χ0) is 17.1. The molecule has 0 aliphatic carbocycles. The van der Waals surface area contributed by atoms with Crippen LogP contribution in [0.3, 0.4) is 0 Å². The lowest BCUT2D eigenvalue weighted by molar-refractivity contribution is 0.0997. The fourth-order valence-electron chi connectivity index (χ4n) is 2.35. The summed E-state index contributed by atoms with van der Waals surface area (Å²) in [5.41, 5.74) is 1.43. The second-order valence-electron chi connectivity index (χ2n) is 5.01. The summed E-state index contributed by atoms with van der Waals surface area (Å²) in [5.74, 6) is 0.606. The largest absolute Gasteiger partial charge is 0.451 e. The Morgan fingerprint density at radius 1 is 1.16 bits per heavy atom. The number of hydrogen-bond acceptors (Lipinski definition) is 7. The van der Waals surface area contributed by atoms with Crippen LogP contribution < -0.4 is 5.32 Å². The quantitative estimate of drug-likeness (QED) is 0.420. The van der Waals surface area contributed by atoms with Gasteiger partial charge in [-0.25, -0.2) is 15.1 Å². The van der Waals surface area contributed by atoms with E-state index in [0.29, 0.717) is 16.5 Å². The van der Waals surface area contributed by atoms with E-state index in [-0.39, 0.29) is 11.7 Å². The fourth-order valence-corrected chi connectivity index (χ4v) is 3.18. The Morgan fingerprint density at radius 2 is 2.00 bits per heavy atom. The minimum absolute atomic E-state index is 0.237. The number of aromatic nitrogens is 5. The molecule has 0 saturated heterocycles. The van der Waals surface area contributed by atoms with Crippen LogP contribution in [0.5, 0.6) is 0 Å². The number of fused-ring (bicyclic) bond motifs is 1. The Kier molecular flexibility index (Phi) is 4.13. The van der Waals surface area contributed by atoms with Crippen LogP contribution in [0.15, 0.2) is 58.6 Å². The minimum atomic E-state index is -0.391. The van der Waals surface area contributed by atoms with Crippen LogP contribution in [0.25, 0.3) is 11.0 Å². The molecular weight excluding hydrogens is 340 g/mol. The van der Waals surface area contributed by atoms with Crippen molar-refractivity contribution in [2.75, 3.05) is 5.32 Å². The summed E-state index contributed by atoms with van der Waals surface area (Å²) in [7, 11) is 0. The number of carbonyl (C=O) groups is 1. The molecule has 0 aliphatic heterocycles. The molecule has 4 aromatic rings. The van der Waals surface area contributed by atoms with Gasteiger partial charge in [0.2, 0.25) is 5.95 Å². The highest BCUT2D eigenvalue weighted by atomic mass is 32.2. The molecular formula is C16H12N6O2S. The van der Waals surface area contributed by atoms with Gasteiger partial charge in [0.05, 0.1) is 0 Å². The molecule has 0 spiro atoms. The Hall–Kier alpha value is -3.20. The number of para-hydroxylation sites is 1. The summed E-state index contributed by atoms with van der Waals surface area (Å²) in [5, 5.41) is 10.4. The zero-order valence-electron chi connectivity index (χ0n) is 12.8. The number of benzene rings is 1. The fraction of sp³-hybridized carbons (Fsp3) is 0.0625. The Bertz CT molecular complexity index is 1000. The van der Waals surface area contributed by atoms with Crippen LogP contribution in [-0.4, -0.2) is 31.1 Å². The van der Waals surface area contributed by atoms with Gasteiger partial charge in [0.25, 0.3) is 5.91 Å². The van der Waals surface area contributed by atoms with E-state index < -0.39 is 5.91 Å². The number of furan rings is 1. The lowest BCUT2D eigenvalue weighted by Crippen LogP contribution is -2.13. The van der Waals surface area contributed by atoms with Gasteiger partial charge in [0, 0.05) is 29.1 Å². The van der Waals surface area contributed by atoms with Gasteiger partial charge in [0.1, 0.15) is 11.9 Å². The van der Waals surface area contributed by atoms with Gasteiger partial charge >= 0.3 is 0 Å². The number of nitrogens with zero attached hydrogens (tertiary/aromatic N) is 4. The highest BCUT2D eigenvalue weighted by Gasteiger charge is 2.21. The third-order valence-electron chi connectivity index (χ3n) is 3.44. The van der Waals surface area contributed by atoms with Crippen molar-refractivity contribution in [1.82, 2.24) is 25.1 Å². The Morgan fingerprint density at radius 3 is 2.80 bits per heavy atom. The number of rotatable bonds is 5. The number of aromatic amines is 1. The first-order chi connectivity index (χ1) is 12.3. The van der Waals surface area contributed by atoms with Crippen molar-refractivity contribution >= 4 is 34.6 Å². The van der Waals surface area contributed by atoms with E-state index >= 15 is 0 Å². The lowest BCUT2D eigenvalue weighted by Gasteiger charge is -2.03. The van der Waals surface area contributed by atoms with Crippen LogP contribution in [0, 0.1) is 0 Å². The first-order valence-corrected chi connectivity index (χ1v) is 8.37. The van der Waals surface area contributed by atoms with Crippen LogP contribution in [-0.2, 0) is 5.75 Å². The van der Waals surface area contributed by atoms with Gasteiger partial charge in [-0.2, -0.15) is 10.1 Å². The van der Waals surface area contributed by atoms with Crippen molar-refractivity contribution < 1.29 is 9.21 Å². The molecule has 0 bridgehead atoms. The van der Waals surface area contributed by atoms with Crippen LogP contribution in [0.4, 0.5) is 5.95 Å². The van der Waals surface area contributed by atoms with Crippen LogP contribution in [0.2, 0.25) is 0 Å². The molecule has 9 heteroatoms. The van der Waals surface area contributed by atoms with Crippen molar-refractivity contribution in [3.05, 3.63) is 60.4 Å². The predicted molar refractivity (Wildman–Crippen MR) is 92.1 cm³/mol. The molecule has 2 N–H and O–H groups in total. The van der Waals surface area contributed by atoms with Gasteiger partial charge in [-0.3, -0.25) is 10.1 Å². The molecule has 8 nitrogen and oxygen atoms in total. The summed E-state index contributed by atoms with van der Waals surface area (Å²) < 4.78 is 5.77. The Labute approximate surface area is 146 Å². The van der Waals surface area contributed by atoms with E-state index in [1.807, 2.05) is 24.3 Å². The third-order valence-corrected chi connectivity index (χ3v) is 4.34. The molecule has 0 unspecified atom stereocenters. The summed E-state index contributed by atoms with van der Waals surface area (Å²) in [6, 6.07) is 9.28. The van der Waals surface area contributed by atoms with Gasteiger partial charge < -0.3 is 4.42 Å². The summed E-state index contributed by atoms with van der Waals surface area (Å²) in [4.78, 5) is 24.9. The molecule has 4 rings (SSSR count). The zero-order valence-corrected chi connectivity index (χ0v) is 13.7. The topological polar surface area (TPSA) is 110 Å². The second kappa shape index (κ2) is 6.73. The third kappa shape index (κ3) is 3.22. The molecule has 3 aromatic heterocycles. The lowest BCUT2D eigenvalue weighted by atomic mass is 10.1. The normalized spacial score (nSPS) is 10.9. The number of anilines is 1. The van der Waals surface area contributed by atoms with Gasteiger partial charge in [-0.1, -0.05) is 30.0 Å². The Balaban J connectivity index is 1.66. The maximum absolute atomic E-state index is 12.6. The maximum atomic E-state index is 12.6. The molecule has 0 radical (unpaired) electrons. The molecule has 1 amide bonds. The van der Waals surface area contributed by atoms with Crippen LogP contribution >= 0.6 is 11.8 Å². The van der Waals surface area contributed by atoms with Crippen LogP contribution in [0.1, 0.15) is 16.1 Å². The molecule has 3 heterocycles. The predicted octanol–water partition coefficient (Wildman–Crippen LogP) is 2.89. The molecule has 124 valence electrons. The van der Waals surface area contributed by atoms with E-state index in [1.54, 1.807) is 18.5 Å². The molecule has 0 aliphatic rings. The number of nitrogens with one attached hydrogen (secondary N) is 2. The second-order valence-corrected chi connectivity index (χ2v) is 5.96. The van der Waals surface area contributed by atoms with Crippen molar-refractivity contribution in [1.29, 1.82) is 0 Å². The smallest absolute Gasteiger partial charge is 0.294 e. The first kappa shape index (κ1) is 15.3. The number of thioether (sulfide) groups is 1. The maximum Gasteiger partial charge on any atom is 0.294 e. The van der Waals surface area contributed by atoms with E-state index in [4.69, 9.17) is 4.42 Å². The SMILES string of the molecule is O=C(Nc1ncn[nH]1)c1oc2ccccc2c1CSc1ncccn1. The van der Waals surface area contributed by atoms with E-state index in [1.165, 1.54) is 18.1 Å². The molecule has 1 aromatic carbocycles. The standard InChI is InChI=1S/C16H12N6O2S/c23-14(21-15-19-9-20-22-15)13-11(8-25-16-17-6-3-7-18-16)10-4-1-2-5-12(10)24-13/h1-7,9H,8H2,(H2,19,20,21,22,23). The highest BCUT2D eigenvalue weighted by Crippen LogP contribution is 2.31. The van der Waals surface area contributed by atoms with Crippen molar-refractivity contribution in [2.24, 2.45) is 0 Å². The average Bonchev–Trinajstić information content (AvgIpc) is 3.28. The van der Waals surface area contributed by atoms with E-state index in [9.17, 15) is 4.79 Å². The number of H-pyrrole nitrogens is 1. The molecule has 25 heavy (non-hydrogen) atoms. The average molecular weight is 352 g/mol. The van der Waals surface area contributed by atoms with Crippen molar-refractivity contribution in [2.45, 2.75) is 10.9 Å². The first-order valence-electron chi connectivity index (χ1n) is 7.38. The molecule has 0 fully saturated rings. The summed E-state index contributed by atoms with van der Waals surface area (Å²) in [6.45, 7) is 0.